The Morgan fingerprint density at radius 1 is 1.07 bits per heavy atom. The maximum atomic E-state index is 6.02. The Balaban J connectivity index is 2.18. The van der Waals surface area contributed by atoms with Crippen molar-refractivity contribution in [3.05, 3.63) is 35.9 Å². The van der Waals surface area contributed by atoms with Crippen molar-refractivity contribution in [1.29, 1.82) is 0 Å². The van der Waals surface area contributed by atoms with Gasteiger partial charge in [-0.05, 0) is 12.0 Å². The van der Waals surface area contributed by atoms with Crippen LogP contribution in [0.2, 0.25) is 0 Å². The summed E-state index contributed by atoms with van der Waals surface area (Å²) in [7, 11) is 0. The van der Waals surface area contributed by atoms with Gasteiger partial charge in [0.05, 0.1) is 6.04 Å². The van der Waals surface area contributed by atoms with E-state index in [2.05, 4.69) is 12.1 Å². The van der Waals surface area contributed by atoms with Crippen molar-refractivity contribution in [2.75, 3.05) is 19.6 Å². The molecular formula is C11H18N4. The molecule has 1 saturated heterocycles. The lowest BCUT2D eigenvalue weighted by Gasteiger charge is -2.26. The lowest BCUT2D eigenvalue weighted by atomic mass is 10.1. The molecule has 0 radical (unpaired) electrons. The maximum Gasteiger partial charge on any atom is 0.0631 e. The fraction of sp³-hybridized carbons (Fsp3) is 0.455. The highest BCUT2D eigenvalue weighted by Gasteiger charge is 2.22. The van der Waals surface area contributed by atoms with Crippen LogP contribution in [0.1, 0.15) is 18.0 Å². The molecule has 4 nitrogen and oxygen atoms in total. The zero-order chi connectivity index (χ0) is 10.7. The summed E-state index contributed by atoms with van der Waals surface area (Å²) in [5.41, 5.74) is 1.23. The third kappa shape index (κ3) is 2.54. The average molecular weight is 206 g/mol. The standard InChI is InChI=1S/C11H18N4/c12-14-7-4-8-15(13)11(9-14)10-5-2-1-3-6-10/h1-3,5-6,11H,4,7-9,12-13H2. The van der Waals surface area contributed by atoms with Gasteiger partial charge in [-0.2, -0.15) is 0 Å². The molecule has 1 fully saturated rings. The largest absolute Gasteiger partial charge is 0.269 e. The van der Waals surface area contributed by atoms with Gasteiger partial charge in [-0.25, -0.2) is 10.0 Å². The molecule has 0 bridgehead atoms. The van der Waals surface area contributed by atoms with E-state index in [1.54, 1.807) is 0 Å². The summed E-state index contributed by atoms with van der Waals surface area (Å²) >= 11 is 0. The minimum Gasteiger partial charge on any atom is -0.269 e. The average Bonchev–Trinajstić information content (AvgIpc) is 2.42. The monoisotopic (exact) mass is 206 g/mol. The first kappa shape index (κ1) is 10.6. The van der Waals surface area contributed by atoms with E-state index in [4.69, 9.17) is 11.7 Å². The van der Waals surface area contributed by atoms with Gasteiger partial charge in [0.15, 0.2) is 0 Å². The molecule has 2 rings (SSSR count). The molecule has 1 aromatic carbocycles. The molecule has 1 aliphatic heterocycles. The number of rotatable bonds is 1. The lowest BCUT2D eigenvalue weighted by Crippen LogP contribution is -2.40. The minimum absolute atomic E-state index is 0.207. The number of hydrogen-bond donors (Lipinski definition) is 2. The fourth-order valence-corrected chi connectivity index (χ4v) is 2.00. The van der Waals surface area contributed by atoms with Gasteiger partial charge in [-0.15, -0.1) is 0 Å². The molecule has 4 heteroatoms. The van der Waals surface area contributed by atoms with Crippen LogP contribution < -0.4 is 11.7 Å². The van der Waals surface area contributed by atoms with E-state index in [1.807, 2.05) is 28.2 Å². The zero-order valence-electron chi connectivity index (χ0n) is 8.84. The maximum absolute atomic E-state index is 6.02. The predicted octanol–water partition coefficient (Wildman–Crippen LogP) is 0.483. The lowest BCUT2D eigenvalue weighted by molar-refractivity contribution is 0.183. The van der Waals surface area contributed by atoms with Crippen LogP contribution in [0, 0.1) is 0 Å². The first-order valence-electron chi connectivity index (χ1n) is 5.33. The molecule has 0 aliphatic carbocycles. The highest BCUT2D eigenvalue weighted by Crippen LogP contribution is 2.20. The molecule has 15 heavy (non-hydrogen) atoms. The van der Waals surface area contributed by atoms with E-state index >= 15 is 0 Å². The Morgan fingerprint density at radius 3 is 2.53 bits per heavy atom. The number of hydrazine groups is 2. The molecule has 82 valence electrons. The second kappa shape index (κ2) is 4.72. The second-order valence-electron chi connectivity index (χ2n) is 4.01. The van der Waals surface area contributed by atoms with E-state index in [9.17, 15) is 0 Å². The second-order valence-corrected chi connectivity index (χ2v) is 4.01. The summed E-state index contributed by atoms with van der Waals surface area (Å²) in [6, 6.07) is 10.5. The molecule has 0 aromatic heterocycles. The van der Waals surface area contributed by atoms with Gasteiger partial charge in [0, 0.05) is 19.6 Å². The summed E-state index contributed by atoms with van der Waals surface area (Å²) in [4.78, 5) is 0. The molecule has 1 aliphatic rings. The summed E-state index contributed by atoms with van der Waals surface area (Å²) in [6.07, 6.45) is 1.02. The topological polar surface area (TPSA) is 58.5 Å². The third-order valence-electron chi connectivity index (χ3n) is 2.85. The molecule has 0 amide bonds. The van der Waals surface area contributed by atoms with Gasteiger partial charge in [0.1, 0.15) is 0 Å². The number of hydrogen-bond acceptors (Lipinski definition) is 4. The van der Waals surface area contributed by atoms with Gasteiger partial charge < -0.3 is 0 Å². The van der Waals surface area contributed by atoms with Crippen molar-refractivity contribution in [2.24, 2.45) is 11.7 Å². The Hall–Kier alpha value is -0.940. The Bertz CT molecular complexity index is 301. The normalized spacial score (nSPS) is 25.1. The Morgan fingerprint density at radius 2 is 1.80 bits per heavy atom. The molecule has 4 N–H and O–H groups in total. The smallest absolute Gasteiger partial charge is 0.0631 e. The van der Waals surface area contributed by atoms with Gasteiger partial charge in [0.2, 0.25) is 0 Å². The van der Waals surface area contributed by atoms with Gasteiger partial charge in [-0.1, -0.05) is 30.3 Å². The summed E-state index contributed by atoms with van der Waals surface area (Å²) < 4.78 is 0. The summed E-state index contributed by atoms with van der Waals surface area (Å²) in [5.74, 6) is 11.9. The summed E-state index contributed by atoms with van der Waals surface area (Å²) in [6.45, 7) is 2.60. The van der Waals surface area contributed by atoms with Gasteiger partial charge in [0.25, 0.3) is 0 Å². The van der Waals surface area contributed by atoms with E-state index in [-0.39, 0.29) is 6.04 Å². The minimum atomic E-state index is 0.207. The van der Waals surface area contributed by atoms with Crippen LogP contribution in [-0.2, 0) is 0 Å². The molecular weight excluding hydrogens is 188 g/mol. The van der Waals surface area contributed by atoms with Crippen LogP contribution in [0.25, 0.3) is 0 Å². The first-order chi connectivity index (χ1) is 7.27. The zero-order valence-corrected chi connectivity index (χ0v) is 8.84. The van der Waals surface area contributed by atoms with Gasteiger partial charge in [-0.3, -0.25) is 11.7 Å². The van der Waals surface area contributed by atoms with Crippen LogP contribution in [0.5, 0.6) is 0 Å². The first-order valence-corrected chi connectivity index (χ1v) is 5.33. The Labute approximate surface area is 90.4 Å². The third-order valence-corrected chi connectivity index (χ3v) is 2.85. The van der Waals surface area contributed by atoms with Crippen molar-refractivity contribution in [2.45, 2.75) is 12.5 Å². The number of nitrogens with two attached hydrogens (primary N) is 2. The predicted molar refractivity (Wildman–Crippen MR) is 60.5 cm³/mol. The summed E-state index contributed by atoms with van der Waals surface area (Å²) in [5, 5.41) is 3.74. The molecule has 1 aromatic rings. The quantitative estimate of drug-likeness (QED) is 0.656. The number of nitrogens with zero attached hydrogens (tertiary/aromatic N) is 2. The van der Waals surface area contributed by atoms with Crippen LogP contribution in [0.15, 0.2) is 30.3 Å². The number of benzene rings is 1. The van der Waals surface area contributed by atoms with Gasteiger partial charge >= 0.3 is 0 Å². The molecule has 1 unspecified atom stereocenters. The molecule has 0 spiro atoms. The van der Waals surface area contributed by atoms with Crippen molar-refractivity contribution >= 4 is 0 Å². The molecule has 0 saturated carbocycles. The van der Waals surface area contributed by atoms with Crippen LogP contribution in [0.4, 0.5) is 0 Å². The molecule has 1 heterocycles. The fourth-order valence-electron chi connectivity index (χ4n) is 2.00. The van der Waals surface area contributed by atoms with Crippen LogP contribution >= 0.6 is 0 Å². The van der Waals surface area contributed by atoms with E-state index in [1.165, 1.54) is 5.56 Å². The van der Waals surface area contributed by atoms with E-state index < -0.39 is 0 Å². The molecule has 1 atom stereocenters. The van der Waals surface area contributed by atoms with Crippen molar-refractivity contribution in [3.63, 3.8) is 0 Å². The van der Waals surface area contributed by atoms with Crippen LogP contribution in [-0.4, -0.2) is 29.7 Å². The van der Waals surface area contributed by atoms with Crippen molar-refractivity contribution < 1.29 is 0 Å². The van der Waals surface area contributed by atoms with Crippen molar-refractivity contribution in [1.82, 2.24) is 10.0 Å². The SMILES string of the molecule is NN1CCCN(N)C(c2ccccc2)C1. The highest BCUT2D eigenvalue weighted by molar-refractivity contribution is 5.19. The Kier molecular flexibility index (Phi) is 3.33. The van der Waals surface area contributed by atoms with E-state index in [0.29, 0.717) is 0 Å². The van der Waals surface area contributed by atoms with E-state index in [0.717, 1.165) is 26.1 Å². The van der Waals surface area contributed by atoms with Crippen LogP contribution in [0.3, 0.4) is 0 Å². The van der Waals surface area contributed by atoms with Crippen molar-refractivity contribution in [3.8, 4) is 0 Å². The highest BCUT2D eigenvalue weighted by atomic mass is 15.5.